The molecule has 0 aliphatic carbocycles. The van der Waals surface area contributed by atoms with Gasteiger partial charge in [0.2, 0.25) is 0 Å². The Morgan fingerprint density at radius 1 is 1.33 bits per heavy atom. The monoisotopic (exact) mass is 219 g/mol. The van der Waals surface area contributed by atoms with E-state index in [1.165, 1.54) is 12.0 Å². The van der Waals surface area contributed by atoms with Crippen molar-refractivity contribution in [2.45, 2.75) is 26.2 Å². The highest BCUT2D eigenvalue weighted by Crippen LogP contribution is 2.35. The maximum atomic E-state index is 5.44. The van der Waals surface area contributed by atoms with Crippen molar-refractivity contribution >= 4 is 17.2 Å². The van der Waals surface area contributed by atoms with Crippen molar-refractivity contribution in [1.82, 2.24) is 5.32 Å². The first-order valence-corrected chi connectivity index (χ1v) is 6.00. The lowest BCUT2D eigenvalue weighted by molar-refractivity contribution is 0.407. The van der Waals surface area contributed by atoms with E-state index in [9.17, 15) is 0 Å². The van der Waals surface area contributed by atoms with Crippen LogP contribution in [0.2, 0.25) is 0 Å². The molecule has 1 saturated heterocycles. The third-order valence-electron chi connectivity index (χ3n) is 3.43. The summed E-state index contributed by atoms with van der Waals surface area (Å²) < 4.78 is 0. The van der Waals surface area contributed by atoms with E-state index < -0.39 is 0 Å². The maximum absolute atomic E-state index is 5.44. The predicted molar refractivity (Wildman–Crippen MR) is 68.1 cm³/mol. The molecule has 80 valence electrons. The number of hydrogen-bond donors (Lipinski definition) is 1. The Bertz CT molecular complexity index is 347. The van der Waals surface area contributed by atoms with Crippen LogP contribution in [-0.2, 0) is 6.42 Å². The summed E-state index contributed by atoms with van der Waals surface area (Å²) in [7, 11) is 0. The molecule has 2 heteroatoms. The SMILES string of the molecule is CCC1(Cc2ccccc2)CCNC1=S. The third kappa shape index (κ3) is 2.05. The van der Waals surface area contributed by atoms with Crippen LogP contribution in [0.4, 0.5) is 0 Å². The summed E-state index contributed by atoms with van der Waals surface area (Å²) in [6.07, 6.45) is 3.39. The Hall–Kier alpha value is -0.890. The average Bonchev–Trinajstić information content (AvgIpc) is 2.62. The second-order valence-electron chi connectivity index (χ2n) is 4.30. The fourth-order valence-corrected chi connectivity index (χ4v) is 2.75. The highest BCUT2D eigenvalue weighted by atomic mass is 32.1. The highest BCUT2D eigenvalue weighted by Gasteiger charge is 2.37. The van der Waals surface area contributed by atoms with E-state index in [4.69, 9.17) is 12.2 Å². The molecule has 0 saturated carbocycles. The predicted octanol–water partition coefficient (Wildman–Crippen LogP) is 2.95. The van der Waals surface area contributed by atoms with Crippen LogP contribution < -0.4 is 5.32 Å². The lowest BCUT2D eigenvalue weighted by Gasteiger charge is -2.26. The highest BCUT2D eigenvalue weighted by molar-refractivity contribution is 7.80. The zero-order valence-electron chi connectivity index (χ0n) is 9.12. The molecule has 1 atom stereocenters. The minimum Gasteiger partial charge on any atom is -0.379 e. The van der Waals surface area contributed by atoms with E-state index in [-0.39, 0.29) is 5.41 Å². The van der Waals surface area contributed by atoms with Crippen LogP contribution in [0.25, 0.3) is 0 Å². The Balaban J connectivity index is 2.19. The number of thiocarbonyl (C=S) groups is 1. The molecular weight excluding hydrogens is 202 g/mol. The molecule has 0 radical (unpaired) electrons. The Labute approximate surface area is 96.9 Å². The van der Waals surface area contributed by atoms with Crippen LogP contribution in [0.1, 0.15) is 25.3 Å². The van der Waals surface area contributed by atoms with Gasteiger partial charge < -0.3 is 5.32 Å². The van der Waals surface area contributed by atoms with Gasteiger partial charge in [0.1, 0.15) is 0 Å². The summed E-state index contributed by atoms with van der Waals surface area (Å²) >= 11 is 5.44. The minimum absolute atomic E-state index is 0.219. The van der Waals surface area contributed by atoms with Crippen molar-refractivity contribution in [3.8, 4) is 0 Å². The maximum Gasteiger partial charge on any atom is 0.0820 e. The lowest BCUT2D eigenvalue weighted by Crippen LogP contribution is -2.31. The van der Waals surface area contributed by atoms with Gasteiger partial charge in [-0.15, -0.1) is 0 Å². The van der Waals surface area contributed by atoms with Gasteiger partial charge in [-0.1, -0.05) is 49.5 Å². The fourth-order valence-electron chi connectivity index (χ4n) is 2.33. The van der Waals surface area contributed by atoms with Crippen molar-refractivity contribution in [3.63, 3.8) is 0 Å². The molecule has 1 aliphatic heterocycles. The molecular formula is C13H17NS. The van der Waals surface area contributed by atoms with Crippen molar-refractivity contribution in [2.24, 2.45) is 5.41 Å². The molecule has 1 nitrogen and oxygen atoms in total. The van der Waals surface area contributed by atoms with E-state index in [1.807, 2.05) is 0 Å². The van der Waals surface area contributed by atoms with Crippen LogP contribution >= 0.6 is 12.2 Å². The Morgan fingerprint density at radius 3 is 2.60 bits per heavy atom. The van der Waals surface area contributed by atoms with Crippen molar-refractivity contribution in [3.05, 3.63) is 35.9 Å². The van der Waals surface area contributed by atoms with E-state index in [1.54, 1.807) is 0 Å². The zero-order chi connectivity index (χ0) is 10.7. The van der Waals surface area contributed by atoms with E-state index >= 15 is 0 Å². The van der Waals surface area contributed by atoms with Crippen LogP contribution in [0.3, 0.4) is 0 Å². The summed E-state index contributed by atoms with van der Waals surface area (Å²) in [6.45, 7) is 3.28. The Morgan fingerprint density at radius 2 is 2.07 bits per heavy atom. The molecule has 1 aliphatic rings. The molecule has 1 aromatic carbocycles. The van der Waals surface area contributed by atoms with Gasteiger partial charge in [0.05, 0.1) is 4.99 Å². The van der Waals surface area contributed by atoms with Crippen molar-refractivity contribution in [2.75, 3.05) is 6.54 Å². The quantitative estimate of drug-likeness (QED) is 0.784. The van der Waals surface area contributed by atoms with E-state index in [2.05, 4.69) is 42.6 Å². The first-order chi connectivity index (χ1) is 7.27. The van der Waals surface area contributed by atoms with Gasteiger partial charge in [-0.25, -0.2) is 0 Å². The number of nitrogens with one attached hydrogen (secondary N) is 1. The zero-order valence-corrected chi connectivity index (χ0v) is 9.94. The summed E-state index contributed by atoms with van der Waals surface area (Å²) in [5.41, 5.74) is 1.61. The second-order valence-corrected chi connectivity index (χ2v) is 4.71. The number of hydrogen-bond acceptors (Lipinski definition) is 1. The van der Waals surface area contributed by atoms with Gasteiger partial charge in [-0.3, -0.25) is 0 Å². The average molecular weight is 219 g/mol. The summed E-state index contributed by atoms with van der Waals surface area (Å²) in [5, 5.41) is 3.31. The van der Waals surface area contributed by atoms with Gasteiger partial charge >= 0.3 is 0 Å². The molecule has 1 fully saturated rings. The van der Waals surface area contributed by atoms with Gasteiger partial charge in [-0.2, -0.15) is 0 Å². The molecule has 0 bridgehead atoms. The second kappa shape index (κ2) is 4.31. The standard InChI is InChI=1S/C13H17NS/c1-2-13(8-9-14-12(13)15)10-11-6-4-3-5-7-11/h3-7H,2,8-10H2,1H3,(H,14,15). The Kier molecular flexibility index (Phi) is 3.06. The molecule has 1 N–H and O–H groups in total. The molecule has 0 amide bonds. The minimum atomic E-state index is 0.219. The molecule has 1 unspecified atom stereocenters. The number of rotatable bonds is 3. The molecule has 1 heterocycles. The van der Waals surface area contributed by atoms with Crippen LogP contribution in [0, 0.1) is 5.41 Å². The summed E-state index contributed by atoms with van der Waals surface area (Å²) in [4.78, 5) is 1.06. The van der Waals surface area contributed by atoms with Crippen molar-refractivity contribution in [1.29, 1.82) is 0 Å². The van der Waals surface area contributed by atoms with Crippen LogP contribution in [0.5, 0.6) is 0 Å². The van der Waals surface area contributed by atoms with Gasteiger partial charge in [0.15, 0.2) is 0 Å². The van der Waals surface area contributed by atoms with Gasteiger partial charge in [-0.05, 0) is 24.8 Å². The fraction of sp³-hybridized carbons (Fsp3) is 0.462. The molecule has 15 heavy (non-hydrogen) atoms. The summed E-state index contributed by atoms with van der Waals surface area (Å²) in [5.74, 6) is 0. The first-order valence-electron chi connectivity index (χ1n) is 5.59. The number of benzene rings is 1. The van der Waals surface area contributed by atoms with Crippen LogP contribution in [0.15, 0.2) is 30.3 Å². The first kappa shape index (κ1) is 10.6. The van der Waals surface area contributed by atoms with Crippen LogP contribution in [-0.4, -0.2) is 11.5 Å². The molecule has 0 aromatic heterocycles. The topological polar surface area (TPSA) is 12.0 Å². The van der Waals surface area contributed by atoms with Gasteiger partial charge in [0, 0.05) is 12.0 Å². The van der Waals surface area contributed by atoms with Crippen molar-refractivity contribution < 1.29 is 0 Å². The normalized spacial score (nSPS) is 25.3. The van der Waals surface area contributed by atoms with E-state index in [0.29, 0.717) is 0 Å². The largest absolute Gasteiger partial charge is 0.379 e. The van der Waals surface area contributed by atoms with E-state index in [0.717, 1.165) is 24.4 Å². The lowest BCUT2D eigenvalue weighted by atomic mass is 9.78. The molecule has 2 rings (SSSR count). The van der Waals surface area contributed by atoms with Gasteiger partial charge in [0.25, 0.3) is 0 Å². The summed E-state index contributed by atoms with van der Waals surface area (Å²) in [6, 6.07) is 10.7. The molecule has 1 aromatic rings. The smallest absolute Gasteiger partial charge is 0.0820 e. The molecule has 0 spiro atoms. The third-order valence-corrected chi connectivity index (χ3v) is 4.01.